The lowest BCUT2D eigenvalue weighted by Gasteiger charge is -2.34. The molecule has 23 heavy (non-hydrogen) atoms. The third-order valence-electron chi connectivity index (χ3n) is 4.41. The Bertz CT molecular complexity index is 671. The van der Waals surface area contributed by atoms with Gasteiger partial charge in [-0.1, -0.05) is 0 Å². The molecule has 1 saturated heterocycles. The number of nitrogens with zero attached hydrogens (tertiary/aromatic N) is 2. The predicted octanol–water partition coefficient (Wildman–Crippen LogP) is 0.646. The monoisotopic (exact) mass is 357 g/mol. The van der Waals surface area contributed by atoms with Crippen LogP contribution in [0.2, 0.25) is 0 Å². The quantitative estimate of drug-likeness (QED) is 0.859. The van der Waals surface area contributed by atoms with E-state index in [0.717, 1.165) is 32.4 Å². The summed E-state index contributed by atoms with van der Waals surface area (Å²) in [6.45, 7) is 3.32. The van der Waals surface area contributed by atoms with Gasteiger partial charge in [-0.25, -0.2) is 13.1 Å². The average Bonchev–Trinajstić information content (AvgIpc) is 2.93. The fourth-order valence-corrected chi connectivity index (χ4v) is 5.04. The van der Waals surface area contributed by atoms with Crippen molar-refractivity contribution in [2.45, 2.75) is 31.8 Å². The van der Waals surface area contributed by atoms with Gasteiger partial charge in [0.05, 0.1) is 12.8 Å². The first kappa shape index (κ1) is 16.9. The third kappa shape index (κ3) is 4.53. The Morgan fingerprint density at radius 1 is 1.43 bits per heavy atom. The van der Waals surface area contributed by atoms with Crippen molar-refractivity contribution in [3.8, 4) is 0 Å². The van der Waals surface area contributed by atoms with E-state index >= 15 is 0 Å². The van der Waals surface area contributed by atoms with Crippen LogP contribution in [0.25, 0.3) is 0 Å². The molecule has 1 unspecified atom stereocenters. The van der Waals surface area contributed by atoms with Crippen LogP contribution in [0.5, 0.6) is 0 Å². The van der Waals surface area contributed by atoms with Gasteiger partial charge in [0, 0.05) is 30.6 Å². The number of piperidine rings is 1. The Balaban J connectivity index is 1.54. The van der Waals surface area contributed by atoms with E-state index in [2.05, 4.69) is 21.1 Å². The van der Waals surface area contributed by atoms with Crippen LogP contribution >= 0.6 is 11.3 Å². The summed E-state index contributed by atoms with van der Waals surface area (Å²) in [6, 6.07) is 2.02. The molecule has 2 aliphatic rings. The van der Waals surface area contributed by atoms with Crippen LogP contribution in [0.1, 0.15) is 23.3 Å². The van der Waals surface area contributed by atoms with Gasteiger partial charge in [-0.05, 0) is 42.8 Å². The van der Waals surface area contributed by atoms with Crippen molar-refractivity contribution in [1.82, 2.24) is 14.5 Å². The number of sulfonamides is 1. The summed E-state index contributed by atoms with van der Waals surface area (Å²) < 4.78 is 25.4. The summed E-state index contributed by atoms with van der Waals surface area (Å²) in [5.74, 6) is 0.141. The fourth-order valence-electron chi connectivity index (χ4n) is 3.35. The zero-order valence-corrected chi connectivity index (χ0v) is 15.0. The number of rotatable bonds is 4. The van der Waals surface area contributed by atoms with E-state index in [0.29, 0.717) is 19.6 Å². The number of carbonyl (C=O) groups excluding carboxylic acids is 1. The molecule has 1 aromatic rings. The zero-order valence-electron chi connectivity index (χ0n) is 13.3. The molecule has 1 fully saturated rings. The normalized spacial score (nSPS) is 22.8. The smallest absolute Gasteiger partial charge is 0.237 e. The summed E-state index contributed by atoms with van der Waals surface area (Å²) in [6.07, 6.45) is 3.87. The summed E-state index contributed by atoms with van der Waals surface area (Å²) in [5.41, 5.74) is 1.27. The molecule has 3 rings (SSSR count). The van der Waals surface area contributed by atoms with E-state index in [-0.39, 0.29) is 11.9 Å². The molecule has 1 N–H and O–H groups in total. The van der Waals surface area contributed by atoms with E-state index < -0.39 is 10.0 Å². The van der Waals surface area contributed by atoms with Crippen molar-refractivity contribution < 1.29 is 13.2 Å². The second-order valence-electron chi connectivity index (χ2n) is 6.40. The van der Waals surface area contributed by atoms with Crippen molar-refractivity contribution >= 4 is 27.3 Å². The molecule has 0 spiro atoms. The second kappa shape index (κ2) is 6.88. The minimum Gasteiger partial charge on any atom is -0.337 e. The summed E-state index contributed by atoms with van der Waals surface area (Å²) >= 11 is 1.77. The largest absolute Gasteiger partial charge is 0.337 e. The van der Waals surface area contributed by atoms with Crippen molar-refractivity contribution in [2.24, 2.45) is 0 Å². The molecule has 2 aliphatic heterocycles. The molecule has 0 aliphatic carbocycles. The number of fused-ring (bicyclic) bond motifs is 1. The van der Waals surface area contributed by atoms with Crippen molar-refractivity contribution in [3.63, 3.8) is 0 Å². The van der Waals surface area contributed by atoms with Crippen molar-refractivity contribution in [2.75, 3.05) is 32.4 Å². The number of nitrogens with one attached hydrogen (secondary N) is 1. The van der Waals surface area contributed by atoms with E-state index in [1.807, 2.05) is 4.90 Å². The number of amides is 1. The Hall–Kier alpha value is -0.960. The van der Waals surface area contributed by atoms with Crippen LogP contribution in [0.15, 0.2) is 11.4 Å². The maximum Gasteiger partial charge on any atom is 0.237 e. The maximum atomic E-state index is 12.5. The van der Waals surface area contributed by atoms with Gasteiger partial charge in [0.1, 0.15) is 0 Å². The third-order valence-corrected chi connectivity index (χ3v) is 6.19. The first-order valence-corrected chi connectivity index (χ1v) is 10.7. The van der Waals surface area contributed by atoms with Gasteiger partial charge < -0.3 is 4.90 Å². The van der Waals surface area contributed by atoms with Gasteiger partial charge >= 0.3 is 0 Å². The predicted molar refractivity (Wildman–Crippen MR) is 90.9 cm³/mol. The van der Waals surface area contributed by atoms with Gasteiger partial charge in [0.2, 0.25) is 15.9 Å². The van der Waals surface area contributed by atoms with E-state index in [1.165, 1.54) is 16.7 Å². The van der Waals surface area contributed by atoms with Gasteiger partial charge in [-0.3, -0.25) is 9.69 Å². The highest BCUT2D eigenvalue weighted by Gasteiger charge is 2.27. The number of hydrogen-bond acceptors (Lipinski definition) is 5. The van der Waals surface area contributed by atoms with Crippen LogP contribution in [-0.4, -0.2) is 62.6 Å². The summed E-state index contributed by atoms with van der Waals surface area (Å²) in [7, 11) is -3.19. The van der Waals surface area contributed by atoms with Gasteiger partial charge in [0.15, 0.2) is 0 Å². The standard InChI is InChI=1S/C15H23N3O3S2/c1-23(20,21)16-13-3-2-6-17(10-13)11-15(19)18-7-4-14-12(9-18)5-8-22-14/h5,8,13,16H,2-4,6-7,9-11H2,1H3. The van der Waals surface area contributed by atoms with Crippen LogP contribution in [0.3, 0.4) is 0 Å². The Morgan fingerprint density at radius 2 is 2.26 bits per heavy atom. The number of likely N-dealkylation sites (tertiary alicyclic amines) is 1. The van der Waals surface area contributed by atoms with Crippen molar-refractivity contribution in [1.29, 1.82) is 0 Å². The lowest BCUT2D eigenvalue weighted by molar-refractivity contribution is -0.133. The molecule has 8 heteroatoms. The van der Waals surface area contributed by atoms with Crippen LogP contribution < -0.4 is 4.72 Å². The number of carbonyl (C=O) groups is 1. The van der Waals surface area contributed by atoms with Gasteiger partial charge in [0.25, 0.3) is 0 Å². The van der Waals surface area contributed by atoms with E-state index in [1.54, 1.807) is 11.3 Å². The molecule has 3 heterocycles. The topological polar surface area (TPSA) is 69.7 Å². The highest BCUT2D eigenvalue weighted by atomic mass is 32.2. The Kier molecular flexibility index (Phi) is 5.05. The number of hydrogen-bond donors (Lipinski definition) is 1. The first-order valence-electron chi connectivity index (χ1n) is 7.93. The van der Waals surface area contributed by atoms with Crippen molar-refractivity contribution in [3.05, 3.63) is 21.9 Å². The SMILES string of the molecule is CS(=O)(=O)NC1CCCN(CC(=O)N2CCc3sccc3C2)C1. The van der Waals surface area contributed by atoms with Crippen LogP contribution in [0, 0.1) is 0 Å². The van der Waals surface area contributed by atoms with E-state index in [9.17, 15) is 13.2 Å². The highest BCUT2D eigenvalue weighted by molar-refractivity contribution is 7.88. The fraction of sp³-hybridized carbons (Fsp3) is 0.667. The minimum atomic E-state index is -3.19. The molecular formula is C15H23N3O3S2. The highest BCUT2D eigenvalue weighted by Crippen LogP contribution is 2.24. The molecule has 128 valence electrons. The molecule has 6 nitrogen and oxygen atoms in total. The van der Waals surface area contributed by atoms with E-state index in [4.69, 9.17) is 0 Å². The molecule has 0 radical (unpaired) electrons. The number of thiophene rings is 1. The second-order valence-corrected chi connectivity index (χ2v) is 9.18. The molecule has 1 atom stereocenters. The summed E-state index contributed by atoms with van der Waals surface area (Å²) in [4.78, 5) is 17.9. The maximum absolute atomic E-state index is 12.5. The first-order chi connectivity index (χ1) is 10.9. The summed E-state index contributed by atoms with van der Waals surface area (Å²) in [5, 5.41) is 2.09. The minimum absolute atomic E-state index is 0.0867. The molecular weight excluding hydrogens is 334 g/mol. The zero-order chi connectivity index (χ0) is 16.4. The Labute approximate surface area is 141 Å². The average molecular weight is 358 g/mol. The van der Waals surface area contributed by atoms with Gasteiger partial charge in [-0.15, -0.1) is 11.3 Å². The molecule has 0 bridgehead atoms. The van der Waals surface area contributed by atoms with Crippen LogP contribution in [0.4, 0.5) is 0 Å². The molecule has 0 saturated carbocycles. The molecule has 1 aromatic heterocycles. The molecule has 1 amide bonds. The Morgan fingerprint density at radius 3 is 3.04 bits per heavy atom. The lowest BCUT2D eigenvalue weighted by atomic mass is 10.1. The van der Waals surface area contributed by atoms with Crippen LogP contribution in [-0.2, 0) is 27.8 Å². The van der Waals surface area contributed by atoms with Gasteiger partial charge in [-0.2, -0.15) is 0 Å². The molecule has 0 aromatic carbocycles. The lowest BCUT2D eigenvalue weighted by Crippen LogP contribution is -2.50.